The summed E-state index contributed by atoms with van der Waals surface area (Å²) in [6.07, 6.45) is 0.511. The van der Waals surface area contributed by atoms with Crippen LogP contribution < -0.4 is 15.4 Å². The number of amides is 2. The number of hydrogen-bond acceptors (Lipinski definition) is 4. The van der Waals surface area contributed by atoms with Gasteiger partial charge < -0.3 is 15.4 Å². The Kier molecular flexibility index (Phi) is 6.34. The second kappa shape index (κ2) is 8.90. The van der Waals surface area contributed by atoms with E-state index >= 15 is 0 Å². The quantitative estimate of drug-likeness (QED) is 0.797. The summed E-state index contributed by atoms with van der Waals surface area (Å²) in [5.74, 6) is 0.597. The van der Waals surface area contributed by atoms with E-state index in [0.29, 0.717) is 18.7 Å². The van der Waals surface area contributed by atoms with Crippen molar-refractivity contribution >= 4 is 23.6 Å². The summed E-state index contributed by atoms with van der Waals surface area (Å²) < 4.78 is 18.1. The summed E-state index contributed by atoms with van der Waals surface area (Å²) in [6.45, 7) is 0.388. The van der Waals surface area contributed by atoms with Crippen LogP contribution in [0.1, 0.15) is 11.1 Å². The Balaban J connectivity index is 1.48. The van der Waals surface area contributed by atoms with Crippen LogP contribution >= 0.6 is 11.8 Å². The number of hydrogen-bond donors (Lipinski definition) is 2. The van der Waals surface area contributed by atoms with E-state index in [1.54, 1.807) is 19.2 Å². The van der Waals surface area contributed by atoms with Gasteiger partial charge in [-0.05, 0) is 41.8 Å². The van der Waals surface area contributed by atoms with Gasteiger partial charge in [-0.15, -0.1) is 11.8 Å². The number of nitrogens with one attached hydrogen (secondary N) is 2. The first-order chi connectivity index (χ1) is 13.0. The number of benzene rings is 2. The highest BCUT2D eigenvalue weighted by Crippen LogP contribution is 2.22. The Hall–Kier alpha value is -2.54. The molecule has 0 radical (unpaired) electrons. The summed E-state index contributed by atoms with van der Waals surface area (Å²) in [6, 6.07) is 13.0. The maximum Gasteiger partial charge on any atom is 0.243 e. The molecule has 1 fully saturated rings. The molecule has 2 aromatic rings. The molecule has 2 amide bonds. The molecule has 2 aromatic carbocycles. The van der Waals surface area contributed by atoms with Gasteiger partial charge in [0.05, 0.1) is 12.4 Å². The van der Waals surface area contributed by atoms with Crippen LogP contribution in [0.2, 0.25) is 0 Å². The molecule has 0 aromatic heterocycles. The van der Waals surface area contributed by atoms with Crippen LogP contribution in [0.3, 0.4) is 0 Å². The van der Waals surface area contributed by atoms with Crippen molar-refractivity contribution in [1.82, 2.24) is 10.6 Å². The molecule has 0 aliphatic carbocycles. The molecule has 0 spiro atoms. The van der Waals surface area contributed by atoms with Crippen LogP contribution in [0.25, 0.3) is 0 Å². The molecular formula is C20H21FN2O3S. The fourth-order valence-corrected chi connectivity index (χ4v) is 3.97. The normalized spacial score (nSPS) is 19.3. The molecule has 27 heavy (non-hydrogen) atoms. The zero-order valence-electron chi connectivity index (χ0n) is 14.9. The maximum atomic E-state index is 13.0. The lowest BCUT2D eigenvalue weighted by atomic mass is 10.1. The van der Waals surface area contributed by atoms with Gasteiger partial charge in [0.25, 0.3) is 0 Å². The molecule has 0 saturated carbocycles. The lowest BCUT2D eigenvalue weighted by Gasteiger charge is -2.28. The van der Waals surface area contributed by atoms with Crippen LogP contribution in [0.4, 0.5) is 4.39 Å². The zero-order valence-corrected chi connectivity index (χ0v) is 15.7. The lowest BCUT2D eigenvalue weighted by molar-refractivity contribution is -0.128. The van der Waals surface area contributed by atoms with Crippen molar-refractivity contribution in [2.45, 2.75) is 24.3 Å². The highest BCUT2D eigenvalue weighted by Gasteiger charge is 2.32. The molecule has 2 N–H and O–H groups in total. The maximum absolute atomic E-state index is 13.0. The number of carbonyl (C=O) groups excluding carboxylic acids is 2. The Bertz CT molecular complexity index is 796. The molecule has 1 aliphatic rings. The molecule has 2 atom stereocenters. The summed E-state index contributed by atoms with van der Waals surface area (Å²) >= 11 is 1.45. The minimum Gasteiger partial charge on any atom is -0.497 e. The van der Waals surface area contributed by atoms with Gasteiger partial charge in [-0.2, -0.15) is 0 Å². The molecule has 1 saturated heterocycles. The van der Waals surface area contributed by atoms with E-state index in [-0.39, 0.29) is 22.9 Å². The first kappa shape index (κ1) is 19.2. The predicted molar refractivity (Wildman–Crippen MR) is 103 cm³/mol. The van der Waals surface area contributed by atoms with Gasteiger partial charge in [-0.3, -0.25) is 9.59 Å². The average molecular weight is 388 g/mol. The van der Waals surface area contributed by atoms with E-state index in [4.69, 9.17) is 4.74 Å². The number of methoxy groups -OCH3 is 1. The second-order valence-electron chi connectivity index (χ2n) is 6.28. The van der Waals surface area contributed by atoms with E-state index < -0.39 is 6.04 Å². The van der Waals surface area contributed by atoms with Gasteiger partial charge >= 0.3 is 0 Å². The standard InChI is InChI=1S/C20H21FN2O3S/c1-26-16-8-4-14(5-9-16)11-22-19(24)17-12-27-18(20(25)23-17)10-13-2-6-15(21)7-3-13/h2-9,17-18H,10-12H2,1H3,(H,22,24)(H,23,25)/t17-,18+/m0/s1. The predicted octanol–water partition coefficient (Wildman–Crippen LogP) is 2.29. The van der Waals surface area contributed by atoms with Crippen molar-refractivity contribution in [3.63, 3.8) is 0 Å². The Morgan fingerprint density at radius 1 is 1.19 bits per heavy atom. The van der Waals surface area contributed by atoms with Gasteiger partial charge in [0.15, 0.2) is 0 Å². The van der Waals surface area contributed by atoms with Crippen LogP contribution in [0.15, 0.2) is 48.5 Å². The highest BCUT2D eigenvalue weighted by molar-refractivity contribution is 8.00. The monoisotopic (exact) mass is 388 g/mol. The minimum atomic E-state index is -0.551. The first-order valence-electron chi connectivity index (χ1n) is 8.62. The van der Waals surface area contributed by atoms with E-state index in [2.05, 4.69) is 10.6 Å². The molecule has 7 heteroatoms. The fraction of sp³-hybridized carbons (Fsp3) is 0.300. The largest absolute Gasteiger partial charge is 0.497 e. The lowest BCUT2D eigenvalue weighted by Crippen LogP contribution is -2.54. The molecule has 0 unspecified atom stereocenters. The van der Waals surface area contributed by atoms with Crippen molar-refractivity contribution in [3.8, 4) is 5.75 Å². The van der Waals surface area contributed by atoms with Crippen molar-refractivity contribution in [2.24, 2.45) is 0 Å². The Labute approximate surface area is 161 Å². The van der Waals surface area contributed by atoms with Crippen LogP contribution in [0.5, 0.6) is 5.75 Å². The number of thioether (sulfide) groups is 1. The Morgan fingerprint density at radius 3 is 2.48 bits per heavy atom. The van der Waals surface area contributed by atoms with Crippen LogP contribution in [0, 0.1) is 5.82 Å². The number of halogens is 1. The third kappa shape index (κ3) is 5.23. The molecule has 5 nitrogen and oxygen atoms in total. The van der Waals surface area contributed by atoms with E-state index in [1.807, 2.05) is 24.3 Å². The van der Waals surface area contributed by atoms with Crippen LogP contribution in [-0.4, -0.2) is 36.0 Å². The van der Waals surface area contributed by atoms with Gasteiger partial charge in [0.2, 0.25) is 11.8 Å². The summed E-state index contributed by atoms with van der Waals surface area (Å²) in [7, 11) is 1.60. The van der Waals surface area contributed by atoms with Crippen molar-refractivity contribution in [2.75, 3.05) is 12.9 Å². The molecule has 3 rings (SSSR count). The minimum absolute atomic E-state index is 0.167. The molecule has 1 aliphatic heterocycles. The van der Waals surface area contributed by atoms with Crippen molar-refractivity contribution in [1.29, 1.82) is 0 Å². The van der Waals surface area contributed by atoms with Gasteiger partial charge in [0, 0.05) is 12.3 Å². The van der Waals surface area contributed by atoms with Gasteiger partial charge in [0.1, 0.15) is 17.6 Å². The third-order valence-corrected chi connectivity index (χ3v) is 5.66. The SMILES string of the molecule is COc1ccc(CNC(=O)[C@@H]2CS[C@H](Cc3ccc(F)cc3)C(=O)N2)cc1. The van der Waals surface area contributed by atoms with E-state index in [9.17, 15) is 14.0 Å². The zero-order chi connectivity index (χ0) is 19.2. The summed E-state index contributed by atoms with van der Waals surface area (Å²) in [5, 5.41) is 5.36. The first-order valence-corrected chi connectivity index (χ1v) is 9.67. The van der Waals surface area contributed by atoms with Crippen LogP contribution in [-0.2, 0) is 22.6 Å². The fourth-order valence-electron chi connectivity index (χ4n) is 2.78. The summed E-state index contributed by atoms with van der Waals surface area (Å²) in [5.41, 5.74) is 1.85. The van der Waals surface area contributed by atoms with Crippen molar-refractivity contribution < 1.29 is 18.7 Å². The number of ether oxygens (including phenoxy) is 1. The van der Waals surface area contributed by atoms with E-state index in [0.717, 1.165) is 16.9 Å². The molecule has 1 heterocycles. The smallest absolute Gasteiger partial charge is 0.243 e. The van der Waals surface area contributed by atoms with Gasteiger partial charge in [-0.25, -0.2) is 4.39 Å². The van der Waals surface area contributed by atoms with Crippen molar-refractivity contribution in [3.05, 3.63) is 65.5 Å². The molecular weight excluding hydrogens is 367 g/mol. The number of carbonyl (C=O) groups is 2. The molecule has 142 valence electrons. The average Bonchev–Trinajstić information content (AvgIpc) is 2.69. The Morgan fingerprint density at radius 2 is 1.85 bits per heavy atom. The summed E-state index contributed by atoms with van der Waals surface area (Å²) in [4.78, 5) is 24.7. The highest BCUT2D eigenvalue weighted by atomic mass is 32.2. The van der Waals surface area contributed by atoms with Gasteiger partial charge in [-0.1, -0.05) is 24.3 Å². The third-order valence-electron chi connectivity index (χ3n) is 4.35. The molecule has 0 bridgehead atoms. The number of rotatable bonds is 6. The topological polar surface area (TPSA) is 67.4 Å². The second-order valence-corrected chi connectivity index (χ2v) is 7.52. The van der Waals surface area contributed by atoms with E-state index in [1.165, 1.54) is 23.9 Å².